The summed E-state index contributed by atoms with van der Waals surface area (Å²) in [6.07, 6.45) is 7.01. The Hall–Kier alpha value is -3.39. The maximum absolute atomic E-state index is 5.79. The molecule has 0 spiro atoms. The summed E-state index contributed by atoms with van der Waals surface area (Å²) in [5.74, 6) is 2.28. The van der Waals surface area contributed by atoms with Gasteiger partial charge in [-0.25, -0.2) is 15.0 Å². The minimum atomic E-state index is 0. The van der Waals surface area contributed by atoms with E-state index >= 15 is 0 Å². The van der Waals surface area contributed by atoms with Gasteiger partial charge in [-0.15, -0.1) is 0 Å². The maximum Gasteiger partial charge on any atom is 0.257 e. The molecule has 4 heterocycles. The van der Waals surface area contributed by atoms with E-state index in [-0.39, 0.29) is 19.4 Å². The van der Waals surface area contributed by atoms with Gasteiger partial charge < -0.3 is 14.8 Å². The molecule has 4 aromatic rings. The zero-order valence-corrected chi connectivity index (χ0v) is 18.1. The molecule has 0 radical (unpaired) electrons. The van der Waals surface area contributed by atoms with E-state index in [2.05, 4.69) is 50.4 Å². The molecule has 3 aromatic heterocycles. The van der Waals surface area contributed by atoms with E-state index in [9.17, 15) is 0 Å². The number of fused-ring (bicyclic) bond motifs is 2. The predicted octanol–water partition coefficient (Wildman–Crippen LogP) is 4.19. The van der Waals surface area contributed by atoms with E-state index in [1.807, 2.05) is 24.4 Å². The second-order valence-electron chi connectivity index (χ2n) is 7.24. The number of anilines is 1. The Labute approximate surface area is 187 Å². The number of rotatable bonds is 5. The summed E-state index contributed by atoms with van der Waals surface area (Å²) in [6.45, 7) is 3.91. The number of pyridine rings is 2. The largest absolute Gasteiger partial charge is 0.484 e. The minimum absolute atomic E-state index is 0. The highest BCUT2D eigenvalue weighted by molar-refractivity contribution is 7.59. The zero-order chi connectivity index (χ0) is 20.3. The average Bonchev–Trinajstić information content (AvgIpc) is 2.82. The first kappa shape index (κ1) is 20.9. The number of nitrogens with zero attached hydrogens (tertiary/aromatic N) is 4. The van der Waals surface area contributed by atoms with Crippen LogP contribution in [0.2, 0.25) is 0 Å². The first-order valence-electron chi connectivity index (χ1n) is 9.92. The molecule has 8 heteroatoms. The highest BCUT2D eigenvalue weighted by atomic mass is 32.1. The molecule has 0 fully saturated rings. The molecule has 0 unspecified atom stereocenters. The van der Waals surface area contributed by atoms with Crippen molar-refractivity contribution in [2.24, 2.45) is 0 Å². The van der Waals surface area contributed by atoms with Gasteiger partial charge in [-0.2, -0.15) is 13.5 Å². The summed E-state index contributed by atoms with van der Waals surface area (Å²) >= 11 is 0. The molecule has 5 rings (SSSR count). The fraction of sp³-hybridized carbons (Fsp3) is 0.217. The Morgan fingerprint density at radius 2 is 1.87 bits per heavy atom. The third-order valence-corrected chi connectivity index (χ3v) is 5.19. The first-order chi connectivity index (χ1) is 14.8. The zero-order valence-electron chi connectivity index (χ0n) is 17.1. The molecule has 0 aliphatic carbocycles. The molecule has 158 valence electrons. The van der Waals surface area contributed by atoms with Gasteiger partial charge in [0, 0.05) is 53.6 Å². The summed E-state index contributed by atoms with van der Waals surface area (Å²) in [5, 5.41) is 5.66. The smallest absolute Gasteiger partial charge is 0.257 e. The van der Waals surface area contributed by atoms with Crippen molar-refractivity contribution in [1.82, 2.24) is 19.9 Å². The topological polar surface area (TPSA) is 82.1 Å². The molecule has 0 saturated carbocycles. The van der Waals surface area contributed by atoms with Gasteiger partial charge in [0.05, 0.1) is 5.69 Å². The van der Waals surface area contributed by atoms with Crippen LogP contribution in [-0.4, -0.2) is 39.7 Å². The number of aromatic nitrogens is 4. The monoisotopic (exact) mass is 433 g/mol. The van der Waals surface area contributed by atoms with Crippen LogP contribution in [0.5, 0.6) is 11.6 Å². The van der Waals surface area contributed by atoms with Crippen LogP contribution >= 0.6 is 13.5 Å². The Morgan fingerprint density at radius 3 is 2.81 bits per heavy atom. The van der Waals surface area contributed by atoms with Gasteiger partial charge in [-0.05, 0) is 23.6 Å². The highest BCUT2D eigenvalue weighted by Gasteiger charge is 2.20. The number of benzene rings is 1. The van der Waals surface area contributed by atoms with Crippen molar-refractivity contribution in [1.29, 1.82) is 0 Å². The first-order valence-corrected chi connectivity index (χ1v) is 9.92. The molecular formula is C23H23N5O2S. The molecule has 1 aliphatic heterocycles. The lowest BCUT2D eigenvalue weighted by Crippen LogP contribution is -2.19. The fourth-order valence-electron chi connectivity index (χ4n) is 3.58. The van der Waals surface area contributed by atoms with Gasteiger partial charge >= 0.3 is 0 Å². The molecule has 31 heavy (non-hydrogen) atoms. The molecule has 0 amide bonds. The van der Waals surface area contributed by atoms with Crippen LogP contribution in [0.1, 0.15) is 18.4 Å². The normalized spacial score (nSPS) is 13.3. The fourth-order valence-corrected chi connectivity index (χ4v) is 3.58. The van der Waals surface area contributed by atoms with Crippen molar-refractivity contribution < 1.29 is 9.47 Å². The molecule has 1 N–H and O–H groups in total. The van der Waals surface area contributed by atoms with Gasteiger partial charge in [0.15, 0.2) is 5.75 Å². The Balaban J connectivity index is 0.00000231. The van der Waals surface area contributed by atoms with Crippen molar-refractivity contribution >= 4 is 30.1 Å². The lowest BCUT2D eigenvalue weighted by Gasteiger charge is -2.22. The number of hydrogen-bond acceptors (Lipinski definition) is 7. The van der Waals surface area contributed by atoms with Crippen molar-refractivity contribution in [3.63, 3.8) is 0 Å². The summed E-state index contributed by atoms with van der Waals surface area (Å²) in [5.41, 5.74) is 2.99. The number of nitrogens with one attached hydrogen (secondary N) is 1. The highest BCUT2D eigenvalue weighted by Crippen LogP contribution is 2.35. The quantitative estimate of drug-likeness (QED) is 0.505. The third-order valence-electron chi connectivity index (χ3n) is 5.19. The lowest BCUT2D eigenvalue weighted by atomic mass is 10.0. The van der Waals surface area contributed by atoms with Crippen LogP contribution < -0.4 is 14.8 Å². The lowest BCUT2D eigenvalue weighted by molar-refractivity contribution is 0.162. The third kappa shape index (κ3) is 4.39. The Kier molecular flexibility index (Phi) is 6.18. The molecule has 0 saturated heterocycles. The number of hydrogen-bond donors (Lipinski definition) is 1. The number of ether oxygens (including phenoxy) is 2. The van der Waals surface area contributed by atoms with Gasteiger partial charge in [0.2, 0.25) is 0 Å². The van der Waals surface area contributed by atoms with E-state index in [4.69, 9.17) is 9.47 Å². The van der Waals surface area contributed by atoms with Crippen molar-refractivity contribution in [3.8, 4) is 22.9 Å². The SMILES string of the molecule is C[C@H](CNc1cc(-c2ccc3cnccc3c2)ncn1)c1ccnc2c1OCCO2.S. The molecule has 7 nitrogen and oxygen atoms in total. The van der Waals surface area contributed by atoms with Crippen molar-refractivity contribution in [2.45, 2.75) is 12.8 Å². The van der Waals surface area contributed by atoms with Crippen LogP contribution in [0, 0.1) is 0 Å². The standard InChI is InChI=1S/C23H21N5O2.H2S/c1-15(19-5-7-25-23-22(19)29-8-9-30-23)12-26-21-11-20(27-14-28-21)17-2-3-18-13-24-6-4-16(18)10-17;/h2-7,10-11,13-15H,8-9,12H2,1H3,(H,26,27,28);1H2/t15-;/m1./s1. The molecule has 1 atom stereocenters. The van der Waals surface area contributed by atoms with Crippen molar-refractivity contribution in [3.05, 3.63) is 66.9 Å². The van der Waals surface area contributed by atoms with Gasteiger partial charge in [-0.3, -0.25) is 4.98 Å². The van der Waals surface area contributed by atoms with Crippen LogP contribution in [0.4, 0.5) is 5.82 Å². The molecule has 0 bridgehead atoms. The second-order valence-corrected chi connectivity index (χ2v) is 7.24. The van der Waals surface area contributed by atoms with E-state index in [0.717, 1.165) is 39.2 Å². The van der Waals surface area contributed by atoms with Gasteiger partial charge in [0.1, 0.15) is 25.4 Å². The molecule has 1 aliphatic rings. The second kappa shape index (κ2) is 9.18. The van der Waals surface area contributed by atoms with Crippen molar-refractivity contribution in [2.75, 3.05) is 25.1 Å². The predicted molar refractivity (Wildman–Crippen MR) is 125 cm³/mol. The van der Waals surface area contributed by atoms with Crippen LogP contribution in [0.25, 0.3) is 22.0 Å². The van der Waals surface area contributed by atoms with Gasteiger partial charge in [-0.1, -0.05) is 19.1 Å². The summed E-state index contributed by atoms with van der Waals surface area (Å²) < 4.78 is 11.4. The molecule has 1 aromatic carbocycles. The minimum Gasteiger partial charge on any atom is -0.484 e. The average molecular weight is 434 g/mol. The van der Waals surface area contributed by atoms with E-state index in [1.165, 1.54) is 0 Å². The van der Waals surface area contributed by atoms with E-state index in [1.54, 1.807) is 18.7 Å². The van der Waals surface area contributed by atoms with Crippen LogP contribution in [0.15, 0.2) is 61.3 Å². The summed E-state index contributed by atoms with van der Waals surface area (Å²) in [6, 6.07) is 12.2. The summed E-state index contributed by atoms with van der Waals surface area (Å²) in [4.78, 5) is 17.2. The summed E-state index contributed by atoms with van der Waals surface area (Å²) in [7, 11) is 0. The molecular weight excluding hydrogens is 410 g/mol. The van der Waals surface area contributed by atoms with Crippen LogP contribution in [0.3, 0.4) is 0 Å². The Morgan fingerprint density at radius 1 is 0.968 bits per heavy atom. The van der Waals surface area contributed by atoms with E-state index < -0.39 is 0 Å². The maximum atomic E-state index is 5.79. The van der Waals surface area contributed by atoms with E-state index in [0.29, 0.717) is 25.6 Å². The van der Waals surface area contributed by atoms with Crippen LogP contribution in [-0.2, 0) is 0 Å². The van der Waals surface area contributed by atoms with Gasteiger partial charge in [0.25, 0.3) is 5.88 Å². The Bertz CT molecular complexity index is 1200.